The lowest BCUT2D eigenvalue weighted by Crippen LogP contribution is -3.00. The van der Waals surface area contributed by atoms with Gasteiger partial charge in [0.1, 0.15) is 12.6 Å². The Labute approximate surface area is 180 Å². The summed E-state index contributed by atoms with van der Waals surface area (Å²) >= 11 is 0. The third kappa shape index (κ3) is 8.26. The SMILES string of the molecule is O=C(CCCCC[n+]1ccccc1)N[C@@H](CO)[C@@H](O)c1ccc([N+](=O)[O-])cc1.[Br-]. The zero-order chi connectivity index (χ0) is 20.4. The molecule has 1 aromatic heterocycles. The Morgan fingerprint density at radius 2 is 1.76 bits per heavy atom. The lowest BCUT2D eigenvalue weighted by molar-refractivity contribution is -0.697. The highest BCUT2D eigenvalue weighted by Gasteiger charge is 2.22. The molecule has 0 aliphatic carbocycles. The molecule has 158 valence electrons. The topological polar surface area (TPSA) is 117 Å². The highest BCUT2D eigenvalue weighted by Crippen LogP contribution is 2.20. The molecule has 2 atom stereocenters. The van der Waals surface area contributed by atoms with Crippen LogP contribution in [0.25, 0.3) is 0 Å². The summed E-state index contributed by atoms with van der Waals surface area (Å²) in [5.74, 6) is -0.243. The molecule has 9 heteroatoms. The molecule has 2 rings (SSSR count). The summed E-state index contributed by atoms with van der Waals surface area (Å²) in [5.41, 5.74) is 0.305. The molecular weight excluding hydrogens is 442 g/mol. The van der Waals surface area contributed by atoms with Crippen molar-refractivity contribution in [3.8, 4) is 0 Å². The largest absolute Gasteiger partial charge is 1.00 e. The third-order valence-electron chi connectivity index (χ3n) is 4.47. The maximum atomic E-state index is 12.1. The molecule has 29 heavy (non-hydrogen) atoms. The molecule has 0 fully saturated rings. The van der Waals surface area contributed by atoms with Crippen molar-refractivity contribution in [1.29, 1.82) is 0 Å². The van der Waals surface area contributed by atoms with Crippen LogP contribution < -0.4 is 26.9 Å². The Bertz CT molecular complexity index is 758. The molecule has 0 bridgehead atoms. The van der Waals surface area contributed by atoms with Crippen LogP contribution in [0, 0.1) is 10.1 Å². The summed E-state index contributed by atoms with van der Waals surface area (Å²) in [6.45, 7) is 0.453. The first-order chi connectivity index (χ1) is 13.5. The van der Waals surface area contributed by atoms with E-state index < -0.39 is 23.7 Å². The van der Waals surface area contributed by atoms with Gasteiger partial charge < -0.3 is 32.5 Å². The number of carbonyl (C=O) groups excluding carboxylic acids is 1. The standard InChI is InChI=1S/C20H25N3O5.BrH/c24-15-18(20(26)16-8-10-17(11-9-16)23(27)28)21-19(25)7-3-1-4-12-22-13-5-2-6-14-22;/h2,5-6,8-11,13-14,18,20,24,26H,1,3-4,7,12,15H2;1H/t18-,20-;/m0./s1. The number of aliphatic hydroxyl groups excluding tert-OH is 2. The molecule has 0 aliphatic heterocycles. The van der Waals surface area contributed by atoms with E-state index in [1.54, 1.807) is 0 Å². The second kappa shape index (κ2) is 13.0. The van der Waals surface area contributed by atoms with Crippen LogP contribution in [-0.2, 0) is 11.3 Å². The first-order valence-electron chi connectivity index (χ1n) is 9.28. The van der Waals surface area contributed by atoms with Crippen molar-refractivity contribution in [1.82, 2.24) is 5.32 Å². The Morgan fingerprint density at radius 1 is 1.10 bits per heavy atom. The average Bonchev–Trinajstić information content (AvgIpc) is 2.72. The number of pyridine rings is 1. The molecule has 8 nitrogen and oxygen atoms in total. The van der Waals surface area contributed by atoms with E-state index in [4.69, 9.17) is 0 Å². The molecule has 2 aromatic rings. The van der Waals surface area contributed by atoms with Gasteiger partial charge in [-0.05, 0) is 30.5 Å². The van der Waals surface area contributed by atoms with Crippen LogP contribution in [0.2, 0.25) is 0 Å². The van der Waals surface area contributed by atoms with Gasteiger partial charge in [-0.25, -0.2) is 4.57 Å². The minimum absolute atomic E-state index is 0. The molecule has 0 saturated heterocycles. The predicted octanol–water partition coefficient (Wildman–Crippen LogP) is -1.34. The van der Waals surface area contributed by atoms with E-state index in [0.717, 1.165) is 19.4 Å². The molecule has 0 unspecified atom stereocenters. The lowest BCUT2D eigenvalue weighted by atomic mass is 10.0. The Balaban J connectivity index is 0.00000420. The van der Waals surface area contributed by atoms with Gasteiger partial charge in [0.25, 0.3) is 5.69 Å². The fraction of sp³-hybridized carbons (Fsp3) is 0.400. The van der Waals surface area contributed by atoms with Crippen LogP contribution in [0.1, 0.15) is 37.4 Å². The number of nitrogens with one attached hydrogen (secondary N) is 1. The van der Waals surface area contributed by atoms with Gasteiger partial charge in [-0.2, -0.15) is 0 Å². The number of benzene rings is 1. The average molecular weight is 468 g/mol. The molecule has 0 saturated carbocycles. The van der Waals surface area contributed by atoms with Gasteiger partial charge >= 0.3 is 0 Å². The van der Waals surface area contributed by atoms with Crippen molar-refractivity contribution in [3.05, 3.63) is 70.5 Å². The van der Waals surface area contributed by atoms with Gasteiger partial charge in [0.05, 0.1) is 17.6 Å². The first-order valence-corrected chi connectivity index (χ1v) is 9.28. The van der Waals surface area contributed by atoms with Crippen LogP contribution >= 0.6 is 0 Å². The Kier molecular flexibility index (Phi) is 11.0. The fourth-order valence-electron chi connectivity index (χ4n) is 2.87. The smallest absolute Gasteiger partial charge is 0.269 e. The number of amides is 1. The summed E-state index contributed by atoms with van der Waals surface area (Å²) < 4.78 is 2.09. The molecule has 3 N–H and O–H groups in total. The second-order valence-corrected chi connectivity index (χ2v) is 6.57. The lowest BCUT2D eigenvalue weighted by Gasteiger charge is -2.22. The number of hydrogen-bond donors (Lipinski definition) is 3. The van der Waals surface area contributed by atoms with Gasteiger partial charge in [-0.15, -0.1) is 0 Å². The third-order valence-corrected chi connectivity index (χ3v) is 4.47. The maximum Gasteiger partial charge on any atom is 0.269 e. The number of halogens is 1. The number of nitro groups is 1. The maximum absolute atomic E-state index is 12.1. The molecule has 0 aliphatic rings. The molecule has 1 amide bonds. The van der Waals surface area contributed by atoms with Gasteiger partial charge in [-0.3, -0.25) is 14.9 Å². The van der Waals surface area contributed by atoms with Crippen LogP contribution in [0.4, 0.5) is 5.69 Å². The van der Waals surface area contributed by atoms with Gasteiger partial charge in [0, 0.05) is 37.1 Å². The van der Waals surface area contributed by atoms with E-state index in [-0.39, 0.29) is 28.6 Å². The molecular formula is C20H26BrN3O5. The highest BCUT2D eigenvalue weighted by atomic mass is 79.9. The van der Waals surface area contributed by atoms with Crippen molar-refractivity contribution in [2.75, 3.05) is 6.61 Å². The van der Waals surface area contributed by atoms with E-state index in [2.05, 4.69) is 9.88 Å². The number of rotatable bonds is 11. The van der Waals surface area contributed by atoms with Gasteiger partial charge in [-0.1, -0.05) is 6.07 Å². The van der Waals surface area contributed by atoms with Crippen LogP contribution in [-0.4, -0.2) is 33.7 Å². The van der Waals surface area contributed by atoms with Crippen molar-refractivity contribution >= 4 is 11.6 Å². The zero-order valence-electron chi connectivity index (χ0n) is 16.0. The Morgan fingerprint density at radius 3 is 2.34 bits per heavy atom. The van der Waals surface area contributed by atoms with Crippen molar-refractivity contribution < 1.29 is 41.5 Å². The number of hydrogen-bond acceptors (Lipinski definition) is 5. The second-order valence-electron chi connectivity index (χ2n) is 6.57. The van der Waals surface area contributed by atoms with Crippen molar-refractivity contribution in [3.63, 3.8) is 0 Å². The summed E-state index contributed by atoms with van der Waals surface area (Å²) in [5, 5.41) is 33.2. The normalized spacial score (nSPS) is 12.5. The number of non-ortho nitro benzene ring substituents is 1. The number of aliphatic hydroxyl groups is 2. The van der Waals surface area contributed by atoms with Gasteiger partial charge in [0.15, 0.2) is 12.4 Å². The van der Waals surface area contributed by atoms with Crippen molar-refractivity contribution in [2.45, 2.75) is 44.4 Å². The quantitative estimate of drug-likeness (QED) is 0.163. The zero-order valence-corrected chi connectivity index (χ0v) is 17.6. The fourth-order valence-corrected chi connectivity index (χ4v) is 2.87. The van der Waals surface area contributed by atoms with E-state index in [0.29, 0.717) is 18.4 Å². The van der Waals surface area contributed by atoms with Crippen LogP contribution in [0.3, 0.4) is 0 Å². The number of carbonyl (C=O) groups is 1. The number of unbranched alkanes of at least 4 members (excludes halogenated alkanes) is 2. The minimum Gasteiger partial charge on any atom is -1.00 e. The van der Waals surface area contributed by atoms with E-state index in [1.807, 2.05) is 30.6 Å². The Hall–Kier alpha value is -2.36. The van der Waals surface area contributed by atoms with Crippen LogP contribution in [0.15, 0.2) is 54.9 Å². The monoisotopic (exact) mass is 467 g/mol. The molecule has 0 spiro atoms. The highest BCUT2D eigenvalue weighted by molar-refractivity contribution is 5.76. The number of nitro benzene ring substituents is 1. The van der Waals surface area contributed by atoms with E-state index >= 15 is 0 Å². The summed E-state index contributed by atoms with van der Waals surface area (Å²) in [7, 11) is 0. The van der Waals surface area contributed by atoms with Crippen molar-refractivity contribution in [2.24, 2.45) is 0 Å². The number of nitrogens with zero attached hydrogens (tertiary/aromatic N) is 2. The minimum atomic E-state index is -1.15. The number of aryl methyl sites for hydroxylation is 1. The summed E-state index contributed by atoms with van der Waals surface area (Å²) in [4.78, 5) is 22.3. The summed E-state index contributed by atoms with van der Waals surface area (Å²) in [6.07, 6.45) is 5.72. The summed E-state index contributed by atoms with van der Waals surface area (Å²) in [6, 6.07) is 10.4. The van der Waals surface area contributed by atoms with Crippen LogP contribution in [0.5, 0.6) is 0 Å². The molecule has 1 aromatic carbocycles. The van der Waals surface area contributed by atoms with Gasteiger partial charge in [0.2, 0.25) is 5.91 Å². The molecule has 1 heterocycles. The van der Waals surface area contributed by atoms with E-state index in [9.17, 15) is 25.1 Å². The first kappa shape index (κ1) is 24.7. The molecule has 0 radical (unpaired) electrons. The number of aromatic nitrogens is 1. The van der Waals surface area contributed by atoms with E-state index in [1.165, 1.54) is 24.3 Å². The predicted molar refractivity (Wildman–Crippen MR) is 102 cm³/mol.